The van der Waals surface area contributed by atoms with Crippen molar-refractivity contribution >= 4 is 24.1 Å². The van der Waals surface area contributed by atoms with Crippen LogP contribution in [0.5, 0.6) is 5.75 Å². The van der Waals surface area contributed by atoms with Gasteiger partial charge in [0.05, 0.1) is 0 Å². The Kier molecular flexibility index (Phi) is 6.95. The molecule has 2 N–H and O–H groups in total. The van der Waals surface area contributed by atoms with Crippen LogP contribution in [0.1, 0.15) is 28.8 Å². The summed E-state index contributed by atoms with van der Waals surface area (Å²) in [6, 6.07) is 4.05. The lowest BCUT2D eigenvalue weighted by molar-refractivity contribution is -0.139. The monoisotopic (exact) mass is 402 g/mol. The molecule has 2 heterocycles. The molecule has 2 fully saturated rings. The Labute approximate surface area is 169 Å². The number of piperazine rings is 1. The Balaban J connectivity index is 1.62. The summed E-state index contributed by atoms with van der Waals surface area (Å²) in [7, 11) is 0. The van der Waals surface area contributed by atoms with Crippen LogP contribution in [0.2, 0.25) is 0 Å². The van der Waals surface area contributed by atoms with E-state index in [1.807, 2.05) is 0 Å². The first kappa shape index (κ1) is 20.9. The minimum atomic E-state index is -0.980. The van der Waals surface area contributed by atoms with Gasteiger partial charge in [0.1, 0.15) is 18.4 Å². The van der Waals surface area contributed by atoms with E-state index in [2.05, 4.69) is 15.5 Å². The molecule has 156 valence electrons. The maximum atomic E-state index is 12.8. The highest BCUT2D eigenvalue weighted by atomic mass is 16.5. The Morgan fingerprint density at radius 3 is 2.72 bits per heavy atom. The summed E-state index contributed by atoms with van der Waals surface area (Å²) >= 11 is 0. The predicted octanol–water partition coefficient (Wildman–Crippen LogP) is -0.317. The molecule has 0 aromatic heterocycles. The molecule has 0 aliphatic carbocycles. The number of imide groups is 2. The molecule has 9 heteroatoms. The van der Waals surface area contributed by atoms with Crippen molar-refractivity contribution in [2.75, 3.05) is 39.3 Å². The average Bonchev–Trinajstić information content (AvgIpc) is 2.71. The summed E-state index contributed by atoms with van der Waals surface area (Å²) in [6.45, 7) is 7.09. The van der Waals surface area contributed by atoms with Crippen molar-refractivity contribution in [1.82, 2.24) is 20.4 Å². The first-order valence-corrected chi connectivity index (χ1v) is 9.78. The summed E-state index contributed by atoms with van der Waals surface area (Å²) in [5.74, 6) is -0.956. The van der Waals surface area contributed by atoms with Gasteiger partial charge in [0.25, 0.3) is 5.91 Å². The van der Waals surface area contributed by atoms with Gasteiger partial charge in [0.2, 0.25) is 18.2 Å². The highest BCUT2D eigenvalue weighted by Crippen LogP contribution is 2.21. The lowest BCUT2D eigenvalue weighted by atomic mass is 10.0. The van der Waals surface area contributed by atoms with Gasteiger partial charge >= 0.3 is 0 Å². The Morgan fingerprint density at radius 2 is 2.07 bits per heavy atom. The first-order valence-electron chi connectivity index (χ1n) is 9.78. The molecule has 0 radical (unpaired) electrons. The number of hydrogen-bond donors (Lipinski definition) is 2. The molecule has 0 spiro atoms. The maximum Gasteiger partial charge on any atom is 0.261 e. The number of ether oxygens (including phenoxy) is 1. The number of benzene rings is 1. The molecule has 1 aromatic carbocycles. The topological polar surface area (TPSA) is 108 Å². The number of aryl methyl sites for hydroxylation is 1. The third kappa shape index (κ3) is 5.18. The van der Waals surface area contributed by atoms with Crippen LogP contribution in [0.4, 0.5) is 0 Å². The third-order valence-corrected chi connectivity index (χ3v) is 5.21. The number of piperidine rings is 1. The fraction of sp³-hybridized carbons (Fsp3) is 0.500. The zero-order chi connectivity index (χ0) is 20.8. The number of rotatable bonds is 7. The van der Waals surface area contributed by atoms with E-state index < -0.39 is 23.8 Å². The molecule has 0 bridgehead atoms. The summed E-state index contributed by atoms with van der Waals surface area (Å²) in [4.78, 5) is 50.9. The number of hydrogen-bond acceptors (Lipinski definition) is 7. The van der Waals surface area contributed by atoms with Crippen LogP contribution in [0.25, 0.3) is 0 Å². The quantitative estimate of drug-likeness (QED) is 0.475. The predicted molar refractivity (Wildman–Crippen MR) is 104 cm³/mol. The zero-order valence-corrected chi connectivity index (χ0v) is 16.5. The molecule has 9 nitrogen and oxygen atoms in total. The molecule has 4 amide bonds. The van der Waals surface area contributed by atoms with Crippen LogP contribution in [-0.4, -0.2) is 79.3 Å². The standard InChI is InChI=1S/C20H26N4O5/c1-14-12-15(29-11-10-23-8-6-21-7-9-23)2-3-16(14)20(28)24(13-25)17-4-5-18(26)22-19(17)27/h2-3,12-13,17,21H,4-11H2,1H3,(H,22,26,27). The van der Waals surface area contributed by atoms with Crippen molar-refractivity contribution in [2.24, 2.45) is 0 Å². The van der Waals surface area contributed by atoms with E-state index in [9.17, 15) is 19.2 Å². The lowest BCUT2D eigenvalue weighted by Gasteiger charge is -2.28. The Hall–Kier alpha value is -2.78. The van der Waals surface area contributed by atoms with E-state index in [1.165, 1.54) is 0 Å². The van der Waals surface area contributed by atoms with E-state index >= 15 is 0 Å². The highest BCUT2D eigenvalue weighted by Gasteiger charge is 2.35. The number of amides is 4. The smallest absolute Gasteiger partial charge is 0.261 e. The van der Waals surface area contributed by atoms with Gasteiger partial charge in [-0.15, -0.1) is 0 Å². The normalized spacial score (nSPS) is 20.1. The van der Waals surface area contributed by atoms with Gasteiger partial charge in [-0.05, 0) is 37.1 Å². The van der Waals surface area contributed by atoms with E-state index in [-0.39, 0.29) is 12.8 Å². The second-order valence-electron chi connectivity index (χ2n) is 7.20. The van der Waals surface area contributed by atoms with Gasteiger partial charge in [-0.1, -0.05) is 0 Å². The molecule has 3 rings (SSSR count). The van der Waals surface area contributed by atoms with Crippen molar-refractivity contribution < 1.29 is 23.9 Å². The van der Waals surface area contributed by atoms with Crippen molar-refractivity contribution in [3.8, 4) is 5.75 Å². The van der Waals surface area contributed by atoms with E-state index in [4.69, 9.17) is 4.74 Å². The van der Waals surface area contributed by atoms with E-state index in [0.717, 1.165) is 37.6 Å². The van der Waals surface area contributed by atoms with Crippen molar-refractivity contribution in [3.05, 3.63) is 29.3 Å². The third-order valence-electron chi connectivity index (χ3n) is 5.21. The molecule has 0 saturated carbocycles. The number of nitrogens with one attached hydrogen (secondary N) is 2. The van der Waals surface area contributed by atoms with E-state index in [0.29, 0.717) is 29.9 Å². The summed E-state index contributed by atoms with van der Waals surface area (Å²) in [5.41, 5.74) is 0.963. The fourth-order valence-electron chi connectivity index (χ4n) is 3.54. The zero-order valence-electron chi connectivity index (χ0n) is 16.5. The molecular weight excluding hydrogens is 376 g/mol. The minimum Gasteiger partial charge on any atom is -0.492 e. The van der Waals surface area contributed by atoms with Gasteiger partial charge in [0, 0.05) is 44.7 Å². The van der Waals surface area contributed by atoms with Gasteiger partial charge < -0.3 is 10.1 Å². The molecule has 2 saturated heterocycles. The summed E-state index contributed by atoms with van der Waals surface area (Å²) < 4.78 is 5.80. The number of nitrogens with zero attached hydrogens (tertiary/aromatic N) is 2. The van der Waals surface area contributed by atoms with Crippen LogP contribution in [0, 0.1) is 6.92 Å². The highest BCUT2D eigenvalue weighted by molar-refractivity contribution is 6.07. The maximum absolute atomic E-state index is 12.8. The molecule has 2 aliphatic rings. The molecule has 1 aromatic rings. The molecular formula is C20H26N4O5. The molecule has 1 unspecified atom stereocenters. The van der Waals surface area contributed by atoms with Crippen molar-refractivity contribution in [2.45, 2.75) is 25.8 Å². The second-order valence-corrected chi connectivity index (χ2v) is 7.20. The number of carbonyl (C=O) groups excluding carboxylic acids is 4. The van der Waals surface area contributed by atoms with Gasteiger partial charge in [0.15, 0.2) is 0 Å². The summed E-state index contributed by atoms with van der Waals surface area (Å²) in [5, 5.41) is 5.47. The van der Waals surface area contributed by atoms with Crippen molar-refractivity contribution in [1.29, 1.82) is 0 Å². The van der Waals surface area contributed by atoms with Gasteiger partial charge in [-0.3, -0.25) is 34.3 Å². The Morgan fingerprint density at radius 1 is 1.31 bits per heavy atom. The molecule has 1 atom stereocenters. The van der Waals surface area contributed by atoms with Crippen LogP contribution >= 0.6 is 0 Å². The second kappa shape index (κ2) is 9.62. The largest absolute Gasteiger partial charge is 0.492 e. The molecule has 2 aliphatic heterocycles. The van der Waals surface area contributed by atoms with Crippen LogP contribution in [-0.2, 0) is 14.4 Å². The van der Waals surface area contributed by atoms with Gasteiger partial charge in [-0.2, -0.15) is 0 Å². The van der Waals surface area contributed by atoms with Crippen LogP contribution in [0.15, 0.2) is 18.2 Å². The fourth-order valence-corrected chi connectivity index (χ4v) is 3.54. The Bertz CT molecular complexity index is 791. The van der Waals surface area contributed by atoms with Crippen molar-refractivity contribution in [3.63, 3.8) is 0 Å². The van der Waals surface area contributed by atoms with Crippen LogP contribution in [0.3, 0.4) is 0 Å². The average molecular weight is 402 g/mol. The SMILES string of the molecule is Cc1cc(OCCN2CCNCC2)ccc1C(=O)N(C=O)C1CCC(=O)NC1=O. The number of carbonyl (C=O) groups is 4. The summed E-state index contributed by atoms with van der Waals surface area (Å²) in [6.07, 6.45) is 0.563. The van der Waals surface area contributed by atoms with E-state index in [1.54, 1.807) is 25.1 Å². The molecule has 29 heavy (non-hydrogen) atoms. The first-order chi connectivity index (χ1) is 14.0. The minimum absolute atomic E-state index is 0.0901. The lowest BCUT2D eigenvalue weighted by Crippen LogP contribution is -2.53. The van der Waals surface area contributed by atoms with Gasteiger partial charge in [-0.25, -0.2) is 0 Å². The van der Waals surface area contributed by atoms with Crippen LogP contribution < -0.4 is 15.4 Å².